The maximum Gasteiger partial charge on any atom is 0.253 e. The fraction of sp³-hybridized carbons (Fsp3) is 0.310. The monoisotopic (exact) mass is 471 g/mol. The van der Waals surface area contributed by atoms with E-state index in [4.69, 9.17) is 0 Å². The normalized spacial score (nSPS) is 18.0. The van der Waals surface area contributed by atoms with E-state index in [2.05, 4.69) is 33.7 Å². The quantitative estimate of drug-likeness (QED) is 0.549. The number of amides is 2. The van der Waals surface area contributed by atoms with Gasteiger partial charge in [0.25, 0.3) is 11.8 Å². The van der Waals surface area contributed by atoms with Gasteiger partial charge in [-0.1, -0.05) is 36.4 Å². The van der Waals surface area contributed by atoms with E-state index >= 15 is 0 Å². The van der Waals surface area contributed by atoms with Crippen molar-refractivity contribution in [3.8, 4) is 0 Å². The third-order valence-corrected chi connectivity index (χ3v) is 7.10. The van der Waals surface area contributed by atoms with Crippen molar-refractivity contribution in [3.63, 3.8) is 0 Å². The number of anilines is 1. The average Bonchev–Trinajstić information content (AvgIpc) is 2.90. The summed E-state index contributed by atoms with van der Waals surface area (Å²) in [5.74, 6) is -0.588. The molecule has 0 spiro atoms. The molecule has 0 bridgehead atoms. The predicted molar refractivity (Wildman–Crippen MR) is 135 cm³/mol. The van der Waals surface area contributed by atoms with Gasteiger partial charge in [0, 0.05) is 30.4 Å². The number of rotatable bonds is 5. The molecule has 180 valence electrons. The second-order valence-electron chi connectivity index (χ2n) is 9.38. The number of nitrogens with one attached hydrogen (secondary N) is 2. The Kier molecular flexibility index (Phi) is 6.80. The maximum absolute atomic E-state index is 13.4. The van der Waals surface area contributed by atoms with Crippen LogP contribution < -0.4 is 15.5 Å². The molecular formula is C29H30FN3O2. The zero-order valence-electron chi connectivity index (χ0n) is 19.7. The molecule has 1 saturated heterocycles. The number of piperidine rings is 1. The van der Waals surface area contributed by atoms with Crippen molar-refractivity contribution >= 4 is 17.5 Å². The standard InChI is InChI=1S/C29H30FN3O2/c30-22-14-12-21(13-15-22)28(34)31-23-16-18-33(19-17-23)27-11-4-3-9-25(27)29(35)32-26-10-5-7-20-6-1-2-8-24(20)26/h1-4,6,8-9,11-15,23,26H,5,7,10,16-19H2,(H,31,34)(H,32,35). The third-order valence-electron chi connectivity index (χ3n) is 7.10. The van der Waals surface area contributed by atoms with E-state index in [1.807, 2.05) is 30.3 Å². The summed E-state index contributed by atoms with van der Waals surface area (Å²) in [6, 6.07) is 21.8. The number of hydrogen-bond acceptors (Lipinski definition) is 3. The Morgan fingerprint density at radius 1 is 0.800 bits per heavy atom. The molecule has 0 saturated carbocycles. The first-order chi connectivity index (χ1) is 17.1. The van der Waals surface area contributed by atoms with Crippen LogP contribution in [-0.2, 0) is 6.42 Å². The van der Waals surface area contributed by atoms with Crippen molar-refractivity contribution in [2.45, 2.75) is 44.2 Å². The second-order valence-corrected chi connectivity index (χ2v) is 9.38. The van der Waals surface area contributed by atoms with Crippen LogP contribution in [0.25, 0.3) is 0 Å². The van der Waals surface area contributed by atoms with E-state index in [0.29, 0.717) is 11.1 Å². The minimum atomic E-state index is -0.356. The Morgan fingerprint density at radius 2 is 1.51 bits per heavy atom. The topological polar surface area (TPSA) is 61.4 Å². The number of carbonyl (C=O) groups excluding carboxylic acids is 2. The van der Waals surface area contributed by atoms with Crippen molar-refractivity contribution in [2.75, 3.05) is 18.0 Å². The zero-order valence-corrected chi connectivity index (χ0v) is 19.7. The van der Waals surface area contributed by atoms with Crippen molar-refractivity contribution in [1.29, 1.82) is 0 Å². The van der Waals surface area contributed by atoms with Crippen molar-refractivity contribution < 1.29 is 14.0 Å². The first-order valence-electron chi connectivity index (χ1n) is 12.4. The molecule has 1 aliphatic heterocycles. The number of para-hydroxylation sites is 1. The van der Waals surface area contributed by atoms with E-state index in [0.717, 1.165) is 50.9 Å². The molecule has 5 nitrogen and oxygen atoms in total. The Bertz CT molecular complexity index is 1200. The molecule has 1 atom stereocenters. The number of carbonyl (C=O) groups is 2. The van der Waals surface area contributed by atoms with E-state index in [1.165, 1.54) is 35.4 Å². The molecule has 6 heteroatoms. The molecule has 5 rings (SSSR count). The van der Waals surface area contributed by atoms with Gasteiger partial charge in [-0.25, -0.2) is 4.39 Å². The zero-order chi connectivity index (χ0) is 24.2. The van der Waals surface area contributed by atoms with Gasteiger partial charge in [0.15, 0.2) is 0 Å². The minimum Gasteiger partial charge on any atom is -0.371 e. The van der Waals surface area contributed by atoms with Crippen LogP contribution in [0.3, 0.4) is 0 Å². The highest BCUT2D eigenvalue weighted by Gasteiger charge is 2.26. The van der Waals surface area contributed by atoms with Crippen molar-refractivity contribution in [3.05, 3.63) is 101 Å². The van der Waals surface area contributed by atoms with Gasteiger partial charge >= 0.3 is 0 Å². The van der Waals surface area contributed by atoms with Gasteiger partial charge < -0.3 is 15.5 Å². The molecule has 0 radical (unpaired) electrons. The summed E-state index contributed by atoms with van der Waals surface area (Å²) in [4.78, 5) is 28.1. The average molecular weight is 472 g/mol. The predicted octanol–water partition coefficient (Wildman–Crippen LogP) is 5.03. The minimum absolute atomic E-state index is 0.0351. The van der Waals surface area contributed by atoms with Crippen LogP contribution in [0.1, 0.15) is 63.6 Å². The molecule has 2 aliphatic rings. The molecule has 1 fully saturated rings. The highest BCUT2D eigenvalue weighted by atomic mass is 19.1. The Labute approximate surface area is 205 Å². The molecule has 2 N–H and O–H groups in total. The van der Waals surface area contributed by atoms with Crippen LogP contribution in [-0.4, -0.2) is 30.9 Å². The lowest BCUT2D eigenvalue weighted by Gasteiger charge is -2.35. The van der Waals surface area contributed by atoms with Crippen molar-refractivity contribution in [2.24, 2.45) is 0 Å². The number of hydrogen-bond donors (Lipinski definition) is 2. The van der Waals surface area contributed by atoms with Crippen LogP contribution >= 0.6 is 0 Å². The second kappa shape index (κ2) is 10.3. The molecule has 3 aromatic rings. The van der Waals surface area contributed by atoms with Gasteiger partial charge in [0.05, 0.1) is 11.6 Å². The van der Waals surface area contributed by atoms with E-state index in [1.54, 1.807) is 0 Å². The van der Waals surface area contributed by atoms with Crippen LogP contribution in [0.4, 0.5) is 10.1 Å². The van der Waals surface area contributed by atoms with Gasteiger partial charge in [-0.3, -0.25) is 9.59 Å². The molecule has 1 aliphatic carbocycles. The lowest BCUT2D eigenvalue weighted by Crippen LogP contribution is -2.45. The van der Waals surface area contributed by atoms with Gasteiger partial charge in [-0.2, -0.15) is 0 Å². The van der Waals surface area contributed by atoms with Crippen LogP contribution in [0.15, 0.2) is 72.8 Å². The number of aryl methyl sites for hydroxylation is 1. The van der Waals surface area contributed by atoms with Crippen LogP contribution in [0, 0.1) is 5.82 Å². The summed E-state index contributed by atoms with van der Waals surface area (Å²) in [6.45, 7) is 1.48. The molecule has 3 aromatic carbocycles. The van der Waals surface area contributed by atoms with Gasteiger partial charge in [0.1, 0.15) is 5.82 Å². The summed E-state index contributed by atoms with van der Waals surface area (Å²) in [7, 11) is 0. The summed E-state index contributed by atoms with van der Waals surface area (Å²) >= 11 is 0. The Morgan fingerprint density at radius 3 is 2.31 bits per heavy atom. The first kappa shape index (κ1) is 23.1. The fourth-order valence-electron chi connectivity index (χ4n) is 5.22. The van der Waals surface area contributed by atoms with E-state index in [9.17, 15) is 14.0 Å². The molecule has 35 heavy (non-hydrogen) atoms. The van der Waals surface area contributed by atoms with Gasteiger partial charge in [-0.05, 0) is 79.6 Å². The van der Waals surface area contributed by atoms with Crippen LogP contribution in [0.5, 0.6) is 0 Å². The Balaban J connectivity index is 1.22. The summed E-state index contributed by atoms with van der Waals surface area (Å²) in [6.07, 6.45) is 4.63. The number of fused-ring (bicyclic) bond motifs is 1. The lowest BCUT2D eigenvalue weighted by molar-refractivity contribution is 0.0926. The highest BCUT2D eigenvalue weighted by Crippen LogP contribution is 2.31. The first-order valence-corrected chi connectivity index (χ1v) is 12.4. The summed E-state index contributed by atoms with van der Waals surface area (Å²) < 4.78 is 13.1. The van der Waals surface area contributed by atoms with E-state index in [-0.39, 0.29) is 29.7 Å². The lowest BCUT2D eigenvalue weighted by atomic mass is 9.87. The molecule has 0 aromatic heterocycles. The highest BCUT2D eigenvalue weighted by molar-refractivity contribution is 6.00. The third kappa shape index (κ3) is 5.21. The smallest absolute Gasteiger partial charge is 0.253 e. The van der Waals surface area contributed by atoms with Gasteiger partial charge in [-0.15, -0.1) is 0 Å². The maximum atomic E-state index is 13.4. The number of benzene rings is 3. The van der Waals surface area contributed by atoms with Gasteiger partial charge in [0.2, 0.25) is 0 Å². The van der Waals surface area contributed by atoms with Crippen LogP contribution in [0.2, 0.25) is 0 Å². The summed E-state index contributed by atoms with van der Waals surface area (Å²) in [5.41, 5.74) is 4.62. The SMILES string of the molecule is O=C(NC1CCN(c2ccccc2C(=O)NC2CCCc3ccccc32)CC1)c1ccc(F)cc1. The fourth-order valence-corrected chi connectivity index (χ4v) is 5.22. The summed E-state index contributed by atoms with van der Waals surface area (Å²) in [5, 5.41) is 6.34. The molecular weight excluding hydrogens is 441 g/mol. The molecule has 1 heterocycles. The number of nitrogens with zero attached hydrogens (tertiary/aromatic N) is 1. The van der Waals surface area contributed by atoms with Crippen molar-refractivity contribution in [1.82, 2.24) is 10.6 Å². The largest absolute Gasteiger partial charge is 0.371 e. The molecule has 1 unspecified atom stereocenters. The number of halogens is 1. The van der Waals surface area contributed by atoms with E-state index < -0.39 is 0 Å². The Hall–Kier alpha value is -3.67. The molecule has 2 amide bonds.